The Kier molecular flexibility index (Phi) is 4.05. The molecule has 0 aliphatic carbocycles. The monoisotopic (exact) mass is 399 g/mol. The summed E-state index contributed by atoms with van der Waals surface area (Å²) in [5.41, 5.74) is 9.05. The van der Waals surface area contributed by atoms with Crippen molar-refractivity contribution < 1.29 is 0 Å². The molecule has 0 aromatic carbocycles. The van der Waals surface area contributed by atoms with Crippen molar-refractivity contribution in [2.45, 2.75) is 6.92 Å². The van der Waals surface area contributed by atoms with E-state index in [9.17, 15) is 0 Å². The van der Waals surface area contributed by atoms with Crippen molar-refractivity contribution in [3.63, 3.8) is 0 Å². The quantitative estimate of drug-likeness (QED) is 0.465. The number of rotatable bonds is 4. The number of nitrogens with two attached hydrogens (primary N) is 1. The SMILES string of the molecule is Cc1nc(N)nc(-c2c(Nc3ccn(C)n3)nc3ccc(-c4cncnc4)cn23)n1. The first kappa shape index (κ1) is 17.7. The summed E-state index contributed by atoms with van der Waals surface area (Å²) in [6.45, 7) is 1.77. The lowest BCUT2D eigenvalue weighted by Crippen LogP contribution is -2.05. The minimum atomic E-state index is 0.142. The van der Waals surface area contributed by atoms with Crippen molar-refractivity contribution in [3.05, 3.63) is 55.1 Å². The number of nitrogen functional groups attached to an aromatic ring is 1. The fourth-order valence-corrected chi connectivity index (χ4v) is 3.18. The number of aryl methyl sites for hydroxylation is 2. The number of hydrogen-bond donors (Lipinski definition) is 2. The summed E-state index contributed by atoms with van der Waals surface area (Å²) in [7, 11) is 1.85. The van der Waals surface area contributed by atoms with Crippen LogP contribution in [0.25, 0.3) is 28.3 Å². The Bertz CT molecular complexity index is 1330. The molecule has 0 amide bonds. The van der Waals surface area contributed by atoms with Crippen LogP contribution in [0.2, 0.25) is 0 Å². The topological polar surface area (TPSA) is 138 Å². The van der Waals surface area contributed by atoms with Crippen LogP contribution in [0.4, 0.5) is 17.6 Å². The predicted molar refractivity (Wildman–Crippen MR) is 111 cm³/mol. The lowest BCUT2D eigenvalue weighted by molar-refractivity contribution is 0.771. The van der Waals surface area contributed by atoms with Crippen LogP contribution in [0.5, 0.6) is 0 Å². The molecule has 0 unspecified atom stereocenters. The van der Waals surface area contributed by atoms with Crippen LogP contribution in [-0.2, 0) is 7.05 Å². The standard InChI is InChI=1S/C19H17N11/c1-11-23-17(27-19(20)24-11)16-18(25-14-5-6-29(2)28-14)26-15-4-3-12(9-30(15)16)13-7-21-10-22-8-13/h3-10H,1-2H3,(H,25,28)(H2,20,23,24,27). The molecule has 148 valence electrons. The van der Waals surface area contributed by atoms with Crippen molar-refractivity contribution in [1.82, 2.24) is 44.1 Å². The lowest BCUT2D eigenvalue weighted by Gasteiger charge is -2.07. The molecule has 11 nitrogen and oxygen atoms in total. The molecular weight excluding hydrogens is 382 g/mol. The minimum Gasteiger partial charge on any atom is -0.368 e. The zero-order chi connectivity index (χ0) is 20.7. The van der Waals surface area contributed by atoms with E-state index in [1.165, 1.54) is 6.33 Å². The first-order chi connectivity index (χ1) is 14.6. The molecule has 0 aliphatic heterocycles. The fraction of sp³-hybridized carbons (Fsp3) is 0.105. The summed E-state index contributed by atoms with van der Waals surface area (Å²) in [6.07, 6.45) is 8.79. The second-order valence-corrected chi connectivity index (χ2v) is 6.65. The van der Waals surface area contributed by atoms with Gasteiger partial charge in [0.05, 0.1) is 0 Å². The number of nitrogens with zero attached hydrogens (tertiary/aromatic N) is 9. The Morgan fingerprint density at radius 3 is 2.53 bits per heavy atom. The molecule has 3 N–H and O–H groups in total. The van der Waals surface area contributed by atoms with E-state index in [0.29, 0.717) is 34.6 Å². The molecule has 0 fully saturated rings. The summed E-state index contributed by atoms with van der Waals surface area (Å²) >= 11 is 0. The second-order valence-electron chi connectivity index (χ2n) is 6.65. The van der Waals surface area contributed by atoms with E-state index in [4.69, 9.17) is 10.7 Å². The third-order valence-electron chi connectivity index (χ3n) is 4.45. The summed E-state index contributed by atoms with van der Waals surface area (Å²) in [5.74, 6) is 2.28. The van der Waals surface area contributed by atoms with Gasteiger partial charge >= 0.3 is 0 Å². The number of imidazole rings is 1. The van der Waals surface area contributed by atoms with E-state index >= 15 is 0 Å². The van der Waals surface area contributed by atoms with Crippen molar-refractivity contribution in [1.29, 1.82) is 0 Å². The summed E-state index contributed by atoms with van der Waals surface area (Å²) in [4.78, 5) is 25.8. The number of anilines is 3. The van der Waals surface area contributed by atoms with E-state index in [1.807, 2.05) is 42.0 Å². The molecule has 0 atom stereocenters. The van der Waals surface area contributed by atoms with E-state index < -0.39 is 0 Å². The van der Waals surface area contributed by atoms with Crippen LogP contribution >= 0.6 is 0 Å². The van der Waals surface area contributed by atoms with Crippen LogP contribution in [0, 0.1) is 6.92 Å². The van der Waals surface area contributed by atoms with Gasteiger partial charge in [-0.1, -0.05) is 0 Å². The highest BCUT2D eigenvalue weighted by Gasteiger charge is 2.19. The molecule has 5 heterocycles. The fourth-order valence-electron chi connectivity index (χ4n) is 3.18. The molecule has 0 radical (unpaired) electrons. The predicted octanol–water partition coefficient (Wildman–Crippen LogP) is 2.01. The highest BCUT2D eigenvalue weighted by molar-refractivity contribution is 5.77. The average Bonchev–Trinajstić information content (AvgIpc) is 3.30. The Labute approximate surface area is 170 Å². The summed E-state index contributed by atoms with van der Waals surface area (Å²) in [6, 6.07) is 5.72. The number of aromatic nitrogens is 9. The number of hydrogen-bond acceptors (Lipinski definition) is 9. The second kappa shape index (κ2) is 6.88. The van der Waals surface area contributed by atoms with Crippen LogP contribution < -0.4 is 11.1 Å². The van der Waals surface area contributed by atoms with Gasteiger partial charge in [0.2, 0.25) is 5.95 Å². The molecule has 30 heavy (non-hydrogen) atoms. The van der Waals surface area contributed by atoms with Gasteiger partial charge < -0.3 is 11.1 Å². The number of pyridine rings is 1. The van der Waals surface area contributed by atoms with Gasteiger partial charge in [-0.25, -0.2) is 19.9 Å². The van der Waals surface area contributed by atoms with Crippen molar-refractivity contribution >= 4 is 23.2 Å². The van der Waals surface area contributed by atoms with Crippen LogP contribution in [0.15, 0.2) is 49.3 Å². The van der Waals surface area contributed by atoms with Crippen molar-refractivity contribution in [2.75, 3.05) is 11.1 Å². The average molecular weight is 399 g/mol. The third-order valence-corrected chi connectivity index (χ3v) is 4.45. The van der Waals surface area contributed by atoms with Gasteiger partial charge in [0.15, 0.2) is 17.5 Å². The Balaban J connectivity index is 1.73. The maximum absolute atomic E-state index is 5.89. The Morgan fingerprint density at radius 1 is 0.967 bits per heavy atom. The van der Waals surface area contributed by atoms with Gasteiger partial charge in [-0.3, -0.25) is 9.08 Å². The summed E-state index contributed by atoms with van der Waals surface area (Å²) in [5, 5.41) is 7.62. The highest BCUT2D eigenvalue weighted by atomic mass is 15.3. The maximum Gasteiger partial charge on any atom is 0.223 e. The first-order valence-corrected chi connectivity index (χ1v) is 9.09. The summed E-state index contributed by atoms with van der Waals surface area (Å²) < 4.78 is 3.61. The molecule has 0 spiro atoms. The Morgan fingerprint density at radius 2 is 1.80 bits per heavy atom. The van der Waals surface area contributed by atoms with Crippen molar-refractivity contribution in [2.24, 2.45) is 7.05 Å². The molecule has 0 aliphatic rings. The highest BCUT2D eigenvalue weighted by Crippen LogP contribution is 2.31. The van der Waals surface area contributed by atoms with Gasteiger partial charge in [0.1, 0.15) is 23.5 Å². The molecule has 5 aromatic rings. The van der Waals surface area contributed by atoms with Gasteiger partial charge in [0, 0.05) is 49.0 Å². The Hall–Kier alpha value is -4.41. The van der Waals surface area contributed by atoms with E-state index in [-0.39, 0.29) is 5.95 Å². The number of fused-ring (bicyclic) bond motifs is 1. The van der Waals surface area contributed by atoms with Crippen LogP contribution in [-0.4, -0.2) is 44.1 Å². The van der Waals surface area contributed by atoms with Crippen molar-refractivity contribution in [3.8, 4) is 22.6 Å². The molecule has 0 saturated carbocycles. The van der Waals surface area contributed by atoms with Gasteiger partial charge in [-0.15, -0.1) is 0 Å². The minimum absolute atomic E-state index is 0.142. The van der Waals surface area contributed by atoms with Gasteiger partial charge in [-0.2, -0.15) is 15.1 Å². The molecular formula is C19H17N11. The van der Waals surface area contributed by atoms with Gasteiger partial charge in [0.25, 0.3) is 0 Å². The zero-order valence-electron chi connectivity index (χ0n) is 16.2. The molecule has 5 aromatic heterocycles. The van der Waals surface area contributed by atoms with E-state index in [2.05, 4.69) is 35.3 Å². The van der Waals surface area contributed by atoms with Crippen LogP contribution in [0.3, 0.4) is 0 Å². The smallest absolute Gasteiger partial charge is 0.223 e. The van der Waals surface area contributed by atoms with E-state index in [1.54, 1.807) is 24.0 Å². The third kappa shape index (κ3) is 3.17. The number of nitrogens with one attached hydrogen (secondary N) is 1. The maximum atomic E-state index is 5.89. The molecule has 0 bridgehead atoms. The van der Waals surface area contributed by atoms with E-state index in [0.717, 1.165) is 11.1 Å². The normalized spacial score (nSPS) is 11.1. The molecule has 5 rings (SSSR count). The zero-order valence-corrected chi connectivity index (χ0v) is 16.2. The van der Waals surface area contributed by atoms with Gasteiger partial charge in [-0.05, 0) is 19.1 Å². The van der Waals surface area contributed by atoms with Crippen LogP contribution in [0.1, 0.15) is 5.82 Å². The molecule has 0 saturated heterocycles. The molecule has 11 heteroatoms. The lowest BCUT2D eigenvalue weighted by atomic mass is 10.1. The first-order valence-electron chi connectivity index (χ1n) is 9.09. The largest absolute Gasteiger partial charge is 0.368 e.